The summed E-state index contributed by atoms with van der Waals surface area (Å²) < 4.78 is 3.80. The number of aromatic nitrogens is 2. The highest BCUT2D eigenvalue weighted by atomic mass is 32.1. The van der Waals surface area contributed by atoms with E-state index < -0.39 is 0 Å². The molecule has 0 spiro atoms. The Hall–Kier alpha value is -1.21. The van der Waals surface area contributed by atoms with Gasteiger partial charge in [-0.05, 0) is 25.9 Å². The Bertz CT molecular complexity index is 372. The van der Waals surface area contributed by atoms with Gasteiger partial charge in [-0.15, -0.1) is 5.10 Å². The van der Waals surface area contributed by atoms with Crippen LogP contribution in [0, 0.1) is 5.92 Å². The molecule has 1 aromatic rings. The first-order valence-electron chi connectivity index (χ1n) is 5.25. The number of amides is 1. The van der Waals surface area contributed by atoms with Crippen molar-refractivity contribution < 1.29 is 4.79 Å². The fourth-order valence-electron chi connectivity index (χ4n) is 1.91. The first-order chi connectivity index (χ1) is 7.66. The molecule has 7 heteroatoms. The van der Waals surface area contributed by atoms with Crippen LogP contribution in [-0.4, -0.2) is 33.5 Å². The van der Waals surface area contributed by atoms with Crippen LogP contribution in [0.5, 0.6) is 0 Å². The number of hydrogen-bond donors (Lipinski definition) is 2. The molecule has 0 aliphatic carbocycles. The summed E-state index contributed by atoms with van der Waals surface area (Å²) in [6, 6.07) is 0. The predicted molar refractivity (Wildman–Crippen MR) is 61.5 cm³/mol. The lowest BCUT2D eigenvalue weighted by Crippen LogP contribution is -2.38. The molecule has 4 N–H and O–H groups in total. The third kappa shape index (κ3) is 2.48. The molecule has 1 aliphatic heterocycles. The summed E-state index contributed by atoms with van der Waals surface area (Å²) in [5, 5.41) is 4.65. The van der Waals surface area contributed by atoms with Crippen molar-refractivity contribution in [3.05, 3.63) is 5.69 Å². The fraction of sp³-hybridized carbons (Fsp3) is 0.667. The molecule has 1 saturated heterocycles. The number of rotatable bonds is 3. The monoisotopic (exact) mass is 241 g/mol. The molecule has 16 heavy (non-hydrogen) atoms. The van der Waals surface area contributed by atoms with E-state index in [1.165, 1.54) is 11.5 Å². The van der Waals surface area contributed by atoms with Crippen molar-refractivity contribution in [3.8, 4) is 0 Å². The highest BCUT2D eigenvalue weighted by Gasteiger charge is 2.23. The van der Waals surface area contributed by atoms with E-state index in [9.17, 15) is 4.79 Å². The van der Waals surface area contributed by atoms with Crippen molar-refractivity contribution in [2.75, 3.05) is 18.8 Å². The summed E-state index contributed by atoms with van der Waals surface area (Å²) in [5.74, 6) is -0.156. The van der Waals surface area contributed by atoms with E-state index in [-0.39, 0.29) is 11.8 Å². The van der Waals surface area contributed by atoms with Crippen LogP contribution in [0.15, 0.2) is 0 Å². The van der Waals surface area contributed by atoms with E-state index in [2.05, 4.69) is 14.5 Å². The van der Waals surface area contributed by atoms with E-state index in [4.69, 9.17) is 11.5 Å². The molecule has 0 unspecified atom stereocenters. The molecule has 0 radical (unpaired) electrons. The Balaban J connectivity index is 1.86. The van der Waals surface area contributed by atoms with Gasteiger partial charge in [-0.2, -0.15) is 0 Å². The Morgan fingerprint density at radius 1 is 1.50 bits per heavy atom. The molecular weight excluding hydrogens is 226 g/mol. The lowest BCUT2D eigenvalue weighted by atomic mass is 9.96. The second kappa shape index (κ2) is 4.75. The largest absolute Gasteiger partial charge is 0.388 e. The van der Waals surface area contributed by atoms with Crippen LogP contribution in [0.1, 0.15) is 18.5 Å². The zero-order valence-electron chi connectivity index (χ0n) is 8.93. The second-order valence-electron chi connectivity index (χ2n) is 4.04. The maximum atomic E-state index is 11.0. The van der Waals surface area contributed by atoms with Crippen LogP contribution in [0.25, 0.3) is 0 Å². The molecule has 0 atom stereocenters. The van der Waals surface area contributed by atoms with Crippen LogP contribution >= 0.6 is 11.5 Å². The molecule has 0 saturated carbocycles. The van der Waals surface area contributed by atoms with Gasteiger partial charge in [0.05, 0.1) is 0 Å². The Morgan fingerprint density at radius 2 is 2.19 bits per heavy atom. The minimum atomic E-state index is -0.186. The van der Waals surface area contributed by atoms with Gasteiger partial charge in [0, 0.05) is 24.0 Å². The normalized spacial score (nSPS) is 18.8. The van der Waals surface area contributed by atoms with Crippen molar-refractivity contribution >= 4 is 22.4 Å². The number of carbonyl (C=O) groups excluding carboxylic acids is 1. The van der Waals surface area contributed by atoms with E-state index >= 15 is 0 Å². The summed E-state index contributed by atoms with van der Waals surface area (Å²) in [7, 11) is 0. The number of hydrogen-bond acceptors (Lipinski definition) is 6. The molecule has 1 fully saturated rings. The highest BCUT2D eigenvalue weighted by Crippen LogP contribution is 2.20. The third-order valence-electron chi connectivity index (χ3n) is 2.95. The minimum absolute atomic E-state index is 0.0298. The van der Waals surface area contributed by atoms with Crippen LogP contribution < -0.4 is 11.5 Å². The molecule has 1 amide bonds. The van der Waals surface area contributed by atoms with Gasteiger partial charge >= 0.3 is 0 Å². The summed E-state index contributed by atoms with van der Waals surface area (Å²) in [6.45, 7) is 2.45. The molecule has 2 heterocycles. The van der Waals surface area contributed by atoms with Crippen LogP contribution in [0.2, 0.25) is 0 Å². The topological polar surface area (TPSA) is 98.1 Å². The van der Waals surface area contributed by atoms with Crippen LogP contribution in [-0.2, 0) is 11.3 Å². The average Bonchev–Trinajstić information content (AvgIpc) is 2.65. The Kier molecular flexibility index (Phi) is 3.35. The van der Waals surface area contributed by atoms with Gasteiger partial charge < -0.3 is 11.5 Å². The predicted octanol–water partition coefficient (Wildman–Crippen LogP) is -0.182. The highest BCUT2D eigenvalue weighted by molar-refractivity contribution is 7.09. The number of nitrogen functional groups attached to an aromatic ring is 1. The molecule has 0 bridgehead atoms. The van der Waals surface area contributed by atoms with E-state index in [1.54, 1.807) is 0 Å². The minimum Gasteiger partial charge on any atom is -0.388 e. The van der Waals surface area contributed by atoms with E-state index in [0.29, 0.717) is 11.5 Å². The van der Waals surface area contributed by atoms with Gasteiger partial charge in [0.15, 0.2) is 0 Å². The first kappa shape index (κ1) is 11.3. The molecule has 6 nitrogen and oxygen atoms in total. The maximum Gasteiger partial charge on any atom is 0.220 e. The van der Waals surface area contributed by atoms with Gasteiger partial charge in [-0.25, -0.2) is 0 Å². The maximum absolute atomic E-state index is 11.0. The zero-order valence-corrected chi connectivity index (χ0v) is 9.74. The Labute approximate surface area is 97.8 Å². The van der Waals surface area contributed by atoms with Crippen molar-refractivity contribution in [1.29, 1.82) is 0 Å². The number of nitrogens with zero attached hydrogens (tertiary/aromatic N) is 3. The van der Waals surface area contributed by atoms with Gasteiger partial charge in [-0.1, -0.05) is 4.49 Å². The number of primary amides is 1. The zero-order chi connectivity index (χ0) is 11.5. The van der Waals surface area contributed by atoms with Crippen molar-refractivity contribution in [1.82, 2.24) is 14.5 Å². The second-order valence-corrected chi connectivity index (χ2v) is 4.82. The Morgan fingerprint density at radius 3 is 2.69 bits per heavy atom. The lowest BCUT2D eigenvalue weighted by Gasteiger charge is -2.29. The number of likely N-dealkylation sites (tertiary alicyclic amines) is 1. The average molecular weight is 241 g/mol. The fourth-order valence-corrected chi connectivity index (χ4v) is 2.35. The van der Waals surface area contributed by atoms with Crippen molar-refractivity contribution in [2.45, 2.75) is 19.4 Å². The quantitative estimate of drug-likeness (QED) is 0.764. The van der Waals surface area contributed by atoms with Crippen LogP contribution in [0.4, 0.5) is 5.00 Å². The molecular formula is C9H15N5OS. The number of piperidine rings is 1. The standard InChI is InChI=1S/C9H15N5OS/c10-8(15)6-1-3-14(4-2-6)5-7-9(11)16-13-12-7/h6H,1-5,11H2,(H2,10,15). The van der Waals surface area contributed by atoms with Crippen LogP contribution in [0.3, 0.4) is 0 Å². The van der Waals surface area contributed by atoms with E-state index in [1.807, 2.05) is 0 Å². The molecule has 1 aromatic heterocycles. The molecule has 88 valence electrons. The lowest BCUT2D eigenvalue weighted by molar-refractivity contribution is -0.123. The van der Waals surface area contributed by atoms with Gasteiger partial charge in [0.2, 0.25) is 5.91 Å². The number of nitrogens with two attached hydrogens (primary N) is 2. The van der Waals surface area contributed by atoms with Gasteiger partial charge in [-0.3, -0.25) is 9.69 Å². The molecule has 1 aliphatic rings. The van der Waals surface area contributed by atoms with Gasteiger partial charge in [0.25, 0.3) is 0 Å². The van der Waals surface area contributed by atoms with Crippen molar-refractivity contribution in [2.24, 2.45) is 11.7 Å². The smallest absolute Gasteiger partial charge is 0.220 e. The SMILES string of the molecule is NC(=O)C1CCN(Cc2nnsc2N)CC1. The molecule has 0 aromatic carbocycles. The number of carbonyl (C=O) groups is 1. The first-order valence-corrected chi connectivity index (χ1v) is 6.02. The summed E-state index contributed by atoms with van der Waals surface area (Å²) in [4.78, 5) is 13.2. The number of anilines is 1. The third-order valence-corrected chi connectivity index (χ3v) is 3.54. The molecule has 2 rings (SSSR count). The summed E-state index contributed by atoms with van der Waals surface area (Å²) in [5.41, 5.74) is 11.8. The summed E-state index contributed by atoms with van der Waals surface area (Å²) in [6.07, 6.45) is 1.65. The van der Waals surface area contributed by atoms with Gasteiger partial charge in [0.1, 0.15) is 10.7 Å². The summed E-state index contributed by atoms with van der Waals surface area (Å²) >= 11 is 1.21. The van der Waals surface area contributed by atoms with E-state index in [0.717, 1.165) is 31.6 Å². The van der Waals surface area contributed by atoms with Crippen molar-refractivity contribution in [3.63, 3.8) is 0 Å².